The number of carboxylic acid groups (broad SMARTS) is 1. The molecule has 2 aromatic carbocycles. The second kappa shape index (κ2) is 9.10. The normalized spacial score (nSPS) is 12.7. The Hall–Kier alpha value is -2.99. The van der Waals surface area contributed by atoms with E-state index in [4.69, 9.17) is 8.74 Å². The number of rotatable bonds is 8. The third-order valence-corrected chi connectivity index (χ3v) is 7.96. The summed E-state index contributed by atoms with van der Waals surface area (Å²) in [5.41, 5.74) is 2.08. The van der Waals surface area contributed by atoms with E-state index in [0.717, 1.165) is 10.4 Å². The predicted octanol–water partition coefficient (Wildman–Crippen LogP) is 4.25. The van der Waals surface area contributed by atoms with E-state index in [-0.39, 0.29) is 22.1 Å². The van der Waals surface area contributed by atoms with Crippen LogP contribution < -0.4 is 4.18 Å². The number of thiophene rings is 1. The summed E-state index contributed by atoms with van der Waals surface area (Å²) in [7, 11) is -4.33. The van der Waals surface area contributed by atoms with E-state index in [2.05, 4.69) is 0 Å². The number of carboxylic acids is 1. The maximum Gasteiger partial charge on any atom is 0.341 e. The summed E-state index contributed by atoms with van der Waals surface area (Å²) in [4.78, 5) is 12.3. The highest BCUT2D eigenvalue weighted by molar-refractivity contribution is 7.87. The van der Waals surface area contributed by atoms with Gasteiger partial charge in [0.15, 0.2) is 11.1 Å². The first-order valence-electron chi connectivity index (χ1n) is 9.65. The van der Waals surface area contributed by atoms with Gasteiger partial charge in [-0.25, -0.2) is 4.21 Å². The van der Waals surface area contributed by atoms with Gasteiger partial charge in [0, 0.05) is 16.0 Å². The Bertz CT molecular complexity index is 1450. The van der Waals surface area contributed by atoms with Gasteiger partial charge in [0.1, 0.15) is 17.2 Å². The minimum atomic E-state index is -4.33. The highest BCUT2D eigenvalue weighted by atomic mass is 32.2. The molecule has 0 aliphatic carbocycles. The molecule has 4 rings (SSSR count). The molecule has 1 unspecified atom stereocenters. The molecule has 4 aromatic rings. The lowest BCUT2D eigenvalue weighted by Gasteiger charge is -2.09. The van der Waals surface area contributed by atoms with Crippen molar-refractivity contribution in [2.45, 2.75) is 24.1 Å². The predicted molar refractivity (Wildman–Crippen MR) is 126 cm³/mol. The van der Waals surface area contributed by atoms with Crippen LogP contribution in [-0.2, 0) is 38.3 Å². The first-order valence-corrected chi connectivity index (χ1v) is 13.2. The van der Waals surface area contributed by atoms with Crippen molar-refractivity contribution in [3.05, 3.63) is 71.2 Å². The number of aliphatic carboxylic acids is 1. The van der Waals surface area contributed by atoms with Crippen molar-refractivity contribution in [3.8, 4) is 16.2 Å². The largest absolute Gasteiger partial charge is 0.480 e. The Labute approximate surface area is 196 Å². The van der Waals surface area contributed by atoms with Crippen molar-refractivity contribution in [2.24, 2.45) is 0 Å². The van der Waals surface area contributed by atoms with Crippen molar-refractivity contribution in [1.82, 2.24) is 4.57 Å². The average molecular weight is 506 g/mol. The Morgan fingerprint density at radius 2 is 1.88 bits per heavy atom. The molecule has 0 bridgehead atoms. The van der Waals surface area contributed by atoms with Crippen LogP contribution in [0.25, 0.3) is 21.3 Å². The number of nitrogens with zero attached hydrogens (tertiary/aromatic N) is 1. The topological polar surface area (TPSA) is 123 Å². The molecule has 8 nitrogen and oxygen atoms in total. The zero-order valence-corrected chi connectivity index (χ0v) is 19.7. The molecular weight excluding hydrogens is 486 g/mol. The lowest BCUT2D eigenvalue weighted by Crippen LogP contribution is -2.13. The molecule has 0 spiro atoms. The number of fused-ring (bicyclic) bond motifs is 1. The minimum absolute atomic E-state index is 0.0374. The van der Waals surface area contributed by atoms with Gasteiger partial charge in [0.2, 0.25) is 0 Å². The average Bonchev–Trinajstić information content (AvgIpc) is 3.36. The van der Waals surface area contributed by atoms with Gasteiger partial charge in [-0.05, 0) is 53.8 Å². The molecule has 2 heterocycles. The first kappa shape index (κ1) is 23.2. The summed E-state index contributed by atoms with van der Waals surface area (Å²) in [5, 5.41) is 11.6. The lowest BCUT2D eigenvalue weighted by molar-refractivity contribution is -0.137. The Kier molecular flexibility index (Phi) is 6.39. The quantitative estimate of drug-likeness (QED) is 0.271. The van der Waals surface area contributed by atoms with Crippen LogP contribution in [0.3, 0.4) is 0 Å². The van der Waals surface area contributed by atoms with Gasteiger partial charge in [-0.15, -0.1) is 11.3 Å². The van der Waals surface area contributed by atoms with E-state index in [9.17, 15) is 22.5 Å². The fourth-order valence-corrected chi connectivity index (χ4v) is 6.21. The van der Waals surface area contributed by atoms with Gasteiger partial charge in [-0.2, -0.15) is 8.42 Å². The van der Waals surface area contributed by atoms with Crippen molar-refractivity contribution < 1.29 is 31.3 Å². The van der Waals surface area contributed by atoms with Crippen LogP contribution in [0.5, 0.6) is 5.75 Å². The zero-order chi connectivity index (χ0) is 23.8. The monoisotopic (exact) mass is 505 g/mol. The third-order valence-electron chi connectivity index (χ3n) is 5.03. The molecule has 0 amide bonds. The molecular formula is C22H19NO7S3. The first-order chi connectivity index (χ1) is 15.7. The van der Waals surface area contributed by atoms with Crippen LogP contribution in [0.1, 0.15) is 11.3 Å². The van der Waals surface area contributed by atoms with E-state index in [1.807, 2.05) is 23.6 Å². The van der Waals surface area contributed by atoms with E-state index in [0.29, 0.717) is 16.5 Å². The molecule has 0 fully saturated rings. The molecule has 0 saturated heterocycles. The number of hydrogen-bond acceptors (Lipinski definition) is 6. The number of benzene rings is 2. The molecule has 0 aliphatic rings. The van der Waals surface area contributed by atoms with Gasteiger partial charge in [-0.3, -0.25) is 4.79 Å². The Morgan fingerprint density at radius 1 is 1.15 bits per heavy atom. The summed E-state index contributed by atoms with van der Waals surface area (Å²) in [6, 6.07) is 14.9. The van der Waals surface area contributed by atoms with Crippen molar-refractivity contribution in [1.29, 1.82) is 0 Å². The van der Waals surface area contributed by atoms with Gasteiger partial charge in [0.05, 0.1) is 11.3 Å². The molecule has 33 heavy (non-hydrogen) atoms. The van der Waals surface area contributed by atoms with E-state index >= 15 is 0 Å². The fraction of sp³-hybridized carbons (Fsp3) is 0.136. The Balaban J connectivity index is 1.81. The highest BCUT2D eigenvalue weighted by Crippen LogP contribution is 2.36. The molecule has 1 atom stereocenters. The molecule has 172 valence electrons. The number of hydrogen-bond donors (Lipinski definition) is 2. The molecule has 0 radical (unpaired) electrons. The standard InChI is InChI=1S/C22H19NO7S3/c1-14-22(33(28,29)30-17-7-4-15(5-8-17)13-32(26)27)18-11-16(20-3-2-10-31-20)6-9-19(18)23(14)12-21(24)25/h2-11H,12-13H2,1H3,(H,24,25)(H,26,27). The van der Waals surface area contributed by atoms with Crippen LogP contribution in [-0.4, -0.2) is 32.8 Å². The summed E-state index contributed by atoms with van der Waals surface area (Å²) >= 11 is -0.511. The molecule has 2 aromatic heterocycles. The molecule has 2 N–H and O–H groups in total. The Morgan fingerprint density at radius 3 is 2.48 bits per heavy atom. The maximum absolute atomic E-state index is 13.3. The van der Waals surface area contributed by atoms with Gasteiger partial charge in [0.25, 0.3) is 0 Å². The van der Waals surface area contributed by atoms with Crippen LogP contribution in [0.4, 0.5) is 0 Å². The summed E-state index contributed by atoms with van der Waals surface area (Å²) < 4.78 is 53.4. The van der Waals surface area contributed by atoms with Crippen LogP contribution in [0, 0.1) is 6.92 Å². The van der Waals surface area contributed by atoms with Crippen molar-refractivity contribution in [2.75, 3.05) is 0 Å². The highest BCUT2D eigenvalue weighted by Gasteiger charge is 2.28. The van der Waals surface area contributed by atoms with Crippen molar-refractivity contribution >= 4 is 49.4 Å². The molecule has 0 aliphatic heterocycles. The fourth-order valence-electron chi connectivity index (χ4n) is 3.65. The number of carbonyl (C=O) groups is 1. The third kappa shape index (κ3) is 4.86. The summed E-state index contributed by atoms with van der Waals surface area (Å²) in [5.74, 6) is -1.14. The lowest BCUT2D eigenvalue weighted by atomic mass is 10.1. The van der Waals surface area contributed by atoms with Crippen LogP contribution in [0.15, 0.2) is 64.9 Å². The van der Waals surface area contributed by atoms with Crippen LogP contribution in [0.2, 0.25) is 0 Å². The number of aromatic nitrogens is 1. The van der Waals surface area contributed by atoms with Gasteiger partial charge >= 0.3 is 16.1 Å². The van der Waals surface area contributed by atoms with Crippen LogP contribution >= 0.6 is 11.3 Å². The SMILES string of the molecule is Cc1c(S(=O)(=O)Oc2ccc(CS(=O)O)cc2)c2cc(-c3cccs3)ccc2n1CC(=O)O. The van der Waals surface area contributed by atoms with E-state index in [1.54, 1.807) is 19.1 Å². The maximum atomic E-state index is 13.3. The smallest absolute Gasteiger partial charge is 0.341 e. The van der Waals surface area contributed by atoms with E-state index in [1.165, 1.54) is 40.2 Å². The molecule has 11 heteroatoms. The zero-order valence-electron chi connectivity index (χ0n) is 17.3. The van der Waals surface area contributed by atoms with Gasteiger partial charge in [-0.1, -0.05) is 24.3 Å². The second-order valence-corrected chi connectivity index (χ2v) is 10.6. The summed E-state index contributed by atoms with van der Waals surface area (Å²) in [6.07, 6.45) is 0. The van der Waals surface area contributed by atoms with Gasteiger partial charge < -0.3 is 18.4 Å². The van der Waals surface area contributed by atoms with E-state index < -0.39 is 33.7 Å². The summed E-state index contributed by atoms with van der Waals surface area (Å²) in [6.45, 7) is 1.15. The van der Waals surface area contributed by atoms with Crippen molar-refractivity contribution in [3.63, 3.8) is 0 Å². The molecule has 0 saturated carbocycles. The minimum Gasteiger partial charge on any atom is -0.480 e. The second-order valence-electron chi connectivity index (χ2n) is 7.25.